The van der Waals surface area contributed by atoms with Crippen LogP contribution in [0, 0.1) is 5.92 Å². The number of esters is 1. The van der Waals surface area contributed by atoms with E-state index in [1.54, 1.807) is 29.2 Å². The first kappa shape index (κ1) is 16.1. The van der Waals surface area contributed by atoms with Gasteiger partial charge in [0.05, 0.1) is 6.61 Å². The maximum atomic E-state index is 12.4. The zero-order chi connectivity index (χ0) is 15.4. The molecule has 0 radical (unpaired) electrons. The molecule has 2 fully saturated rings. The molecule has 114 valence electrons. The first-order chi connectivity index (χ1) is 10.2. The number of anilines is 1. The fourth-order valence-corrected chi connectivity index (χ4v) is 2.52. The fourth-order valence-electron chi connectivity index (χ4n) is 2.33. The van der Waals surface area contributed by atoms with Crippen LogP contribution in [0.2, 0.25) is 5.02 Å². The molecule has 1 saturated heterocycles. The van der Waals surface area contributed by atoms with Gasteiger partial charge < -0.3 is 9.29 Å². The third-order valence-electron chi connectivity index (χ3n) is 3.47. The van der Waals surface area contributed by atoms with E-state index in [4.69, 9.17) is 20.9 Å². The second kappa shape index (κ2) is 7.15. The summed E-state index contributed by atoms with van der Waals surface area (Å²) < 4.78 is 11.7. The molecular weight excluding hydrogens is 314 g/mol. The lowest BCUT2D eigenvalue weighted by atomic mass is 10.1. The van der Waals surface area contributed by atoms with Gasteiger partial charge >= 0.3 is 5.97 Å². The maximum Gasteiger partial charge on any atom is 0.329 e. The summed E-state index contributed by atoms with van der Waals surface area (Å²) in [4.78, 5) is 25.8. The van der Waals surface area contributed by atoms with Gasteiger partial charge in [0.15, 0.2) is 0 Å². The van der Waals surface area contributed by atoms with Gasteiger partial charge in [-0.05, 0) is 44.0 Å². The summed E-state index contributed by atoms with van der Waals surface area (Å²) in [5.41, 5.74) is 0.674. The molecule has 1 amide bonds. The van der Waals surface area contributed by atoms with Crippen molar-refractivity contribution >= 4 is 42.1 Å². The van der Waals surface area contributed by atoms with Crippen LogP contribution in [0.25, 0.3) is 0 Å². The molecule has 7 heteroatoms. The van der Waals surface area contributed by atoms with Crippen molar-refractivity contribution in [2.24, 2.45) is 5.92 Å². The van der Waals surface area contributed by atoms with Crippen LogP contribution in [-0.4, -0.2) is 29.1 Å². The highest BCUT2D eigenvalue weighted by molar-refractivity contribution is 7.74. The van der Waals surface area contributed by atoms with Gasteiger partial charge in [0, 0.05) is 23.0 Å². The lowest BCUT2D eigenvalue weighted by Crippen LogP contribution is -2.44. The average Bonchev–Trinajstić information content (AvgIpc) is 3.26. The molecule has 3 rings (SSSR count). The third kappa shape index (κ3) is 3.70. The Morgan fingerprint density at radius 1 is 1.33 bits per heavy atom. The number of carbonyl (C=O) groups excluding carboxylic acids is 2. The van der Waals surface area contributed by atoms with E-state index in [0.717, 1.165) is 12.8 Å². The van der Waals surface area contributed by atoms with Crippen LogP contribution in [0.5, 0.6) is 0 Å². The van der Waals surface area contributed by atoms with E-state index in [1.165, 1.54) is 0 Å². The molecule has 21 heavy (non-hydrogen) atoms. The number of rotatable bonds is 3. The van der Waals surface area contributed by atoms with Crippen molar-refractivity contribution < 1.29 is 18.9 Å². The monoisotopic (exact) mass is 329 g/mol. The number of halogens is 1. The first-order valence-corrected chi connectivity index (χ1v) is 7.40. The fraction of sp³-hybridized carbons (Fsp3) is 0.429. The largest absolute Gasteiger partial charge is 0.464 e. The number of carbonyl (C=O) groups is 2. The zero-order valence-electron chi connectivity index (χ0n) is 11.2. The summed E-state index contributed by atoms with van der Waals surface area (Å²) in [5.74, 6) is -0.271. The molecule has 1 heterocycles. The first-order valence-electron chi connectivity index (χ1n) is 6.62. The Kier molecular flexibility index (Phi) is 5.50. The van der Waals surface area contributed by atoms with Crippen molar-refractivity contribution in [2.45, 2.75) is 25.3 Å². The summed E-state index contributed by atoms with van der Waals surface area (Å²) in [6.45, 7) is 0.374. The minimum Gasteiger partial charge on any atom is -0.464 e. The maximum absolute atomic E-state index is 12.4. The van der Waals surface area contributed by atoms with Crippen LogP contribution in [0.3, 0.4) is 0 Å². The molecular formula is C14H16ClNO4S. The van der Waals surface area contributed by atoms with E-state index >= 15 is 0 Å². The lowest BCUT2D eigenvalue weighted by molar-refractivity contribution is -0.140. The molecule has 1 aliphatic carbocycles. The quantitative estimate of drug-likeness (QED) is 0.508. The number of thiol groups is 1. The molecule has 5 nitrogen and oxygen atoms in total. The Hall–Kier alpha value is -1.24. The standard InChI is InChI=1S/C14H14ClNO3.H2OS/c15-10-2-1-3-11(8-10)16(13(17)9-4-5-9)12-6-7-19-14(12)18;1-2/h1-3,8-9,12H,4-7H2;1-2H. The highest BCUT2D eigenvalue weighted by atomic mass is 35.5. The van der Waals surface area contributed by atoms with Gasteiger partial charge in [-0.15, -0.1) is 0 Å². The predicted octanol–water partition coefficient (Wildman–Crippen LogP) is 2.79. The van der Waals surface area contributed by atoms with Crippen molar-refractivity contribution in [3.05, 3.63) is 29.3 Å². The van der Waals surface area contributed by atoms with E-state index in [9.17, 15) is 9.59 Å². The summed E-state index contributed by atoms with van der Waals surface area (Å²) in [5, 5.41) is 0.553. The van der Waals surface area contributed by atoms with Crippen molar-refractivity contribution in [3.8, 4) is 0 Å². The zero-order valence-corrected chi connectivity index (χ0v) is 12.9. The molecule has 1 saturated carbocycles. The van der Waals surface area contributed by atoms with Gasteiger partial charge in [-0.25, -0.2) is 4.79 Å². The highest BCUT2D eigenvalue weighted by Crippen LogP contribution is 2.35. The SMILES string of the molecule is O=C1OCCC1N(C(=O)C1CC1)c1cccc(Cl)c1.OS. The molecule has 1 aromatic carbocycles. The highest BCUT2D eigenvalue weighted by Gasteiger charge is 2.42. The Morgan fingerprint density at radius 3 is 2.57 bits per heavy atom. The smallest absolute Gasteiger partial charge is 0.329 e. The molecule has 1 aromatic rings. The molecule has 1 atom stereocenters. The van der Waals surface area contributed by atoms with Crippen LogP contribution in [0.15, 0.2) is 24.3 Å². The van der Waals surface area contributed by atoms with Gasteiger partial charge in [0.25, 0.3) is 0 Å². The van der Waals surface area contributed by atoms with E-state index < -0.39 is 6.04 Å². The lowest BCUT2D eigenvalue weighted by Gasteiger charge is -2.26. The van der Waals surface area contributed by atoms with Crippen molar-refractivity contribution in [1.82, 2.24) is 0 Å². The number of nitrogens with zero attached hydrogens (tertiary/aromatic N) is 1. The van der Waals surface area contributed by atoms with Gasteiger partial charge in [-0.3, -0.25) is 9.69 Å². The molecule has 2 aliphatic rings. The second-order valence-electron chi connectivity index (χ2n) is 4.93. The van der Waals surface area contributed by atoms with Crippen LogP contribution >= 0.6 is 24.5 Å². The van der Waals surface area contributed by atoms with Gasteiger partial charge in [-0.1, -0.05) is 17.7 Å². The Bertz CT molecular complexity index is 535. The molecule has 1 aliphatic heterocycles. The molecule has 0 aromatic heterocycles. The Labute approximate surface area is 133 Å². The number of ether oxygens (including phenoxy) is 1. The molecule has 0 spiro atoms. The average molecular weight is 330 g/mol. The minimum atomic E-state index is -0.508. The van der Waals surface area contributed by atoms with Crippen molar-refractivity contribution in [3.63, 3.8) is 0 Å². The predicted molar refractivity (Wildman–Crippen MR) is 82.6 cm³/mol. The number of cyclic esters (lactones) is 1. The van der Waals surface area contributed by atoms with Crippen LogP contribution in [0.4, 0.5) is 5.69 Å². The molecule has 1 N–H and O–H groups in total. The summed E-state index contributed by atoms with van der Waals surface area (Å²) in [7, 11) is 0. The Balaban J connectivity index is 0.000000774. The number of benzene rings is 1. The molecule has 1 unspecified atom stereocenters. The normalized spacial score (nSPS) is 20.3. The Morgan fingerprint density at radius 2 is 2.05 bits per heavy atom. The summed E-state index contributed by atoms with van der Waals surface area (Å²) in [6, 6.07) is 6.54. The van der Waals surface area contributed by atoms with Crippen LogP contribution in [-0.2, 0) is 14.3 Å². The summed E-state index contributed by atoms with van der Waals surface area (Å²) in [6.07, 6.45) is 2.35. The minimum absolute atomic E-state index is 0.00566. The van der Waals surface area contributed by atoms with Gasteiger partial charge in [-0.2, -0.15) is 0 Å². The van der Waals surface area contributed by atoms with Crippen molar-refractivity contribution in [2.75, 3.05) is 11.5 Å². The van der Waals surface area contributed by atoms with E-state index in [0.29, 0.717) is 23.7 Å². The number of amides is 1. The number of hydrogen-bond acceptors (Lipinski definition) is 5. The van der Waals surface area contributed by atoms with Crippen molar-refractivity contribution in [1.29, 1.82) is 0 Å². The topological polar surface area (TPSA) is 66.8 Å². The second-order valence-corrected chi connectivity index (χ2v) is 5.37. The summed E-state index contributed by atoms with van der Waals surface area (Å²) >= 11 is 8.51. The van der Waals surface area contributed by atoms with Crippen LogP contribution < -0.4 is 4.90 Å². The third-order valence-corrected chi connectivity index (χ3v) is 3.70. The van der Waals surface area contributed by atoms with E-state index in [1.807, 2.05) is 0 Å². The van der Waals surface area contributed by atoms with Gasteiger partial charge in [0.2, 0.25) is 5.91 Å². The van der Waals surface area contributed by atoms with Gasteiger partial charge in [0.1, 0.15) is 6.04 Å². The van der Waals surface area contributed by atoms with E-state index in [2.05, 4.69) is 12.9 Å². The van der Waals surface area contributed by atoms with E-state index in [-0.39, 0.29) is 17.8 Å². The molecule has 0 bridgehead atoms. The number of hydrogen-bond donors (Lipinski definition) is 2. The van der Waals surface area contributed by atoms with Crippen LogP contribution in [0.1, 0.15) is 19.3 Å².